The van der Waals surface area contributed by atoms with E-state index < -0.39 is 87.7 Å². The van der Waals surface area contributed by atoms with Crippen molar-refractivity contribution in [2.24, 2.45) is 22.7 Å². The molecular formula is C27H36O10. The van der Waals surface area contributed by atoms with Crippen LogP contribution in [0.5, 0.6) is 0 Å². The summed E-state index contributed by atoms with van der Waals surface area (Å²) in [5, 5.41) is 84.5. The maximum Gasteiger partial charge on any atom is 0.338 e. The fraction of sp³-hybridized carbons (Fsp3) is 0.741. The second kappa shape index (κ2) is 6.74. The second-order valence-corrected chi connectivity index (χ2v) is 12.6. The minimum atomic E-state index is -2.70. The number of ether oxygens (including phenoxy) is 2. The first-order valence-corrected chi connectivity index (χ1v) is 12.9. The van der Waals surface area contributed by atoms with Crippen LogP contribution in [0.3, 0.4) is 0 Å². The van der Waals surface area contributed by atoms with Crippen molar-refractivity contribution < 1.29 is 50.0 Å². The van der Waals surface area contributed by atoms with E-state index in [4.69, 9.17) is 9.47 Å². The number of hydrogen-bond donors (Lipinski definition) is 7. The molecule has 1 aromatic carbocycles. The van der Waals surface area contributed by atoms with Gasteiger partial charge in [0.15, 0.2) is 17.5 Å². The fourth-order valence-corrected chi connectivity index (χ4v) is 9.69. The topological polar surface area (TPSA) is 177 Å². The Labute approximate surface area is 214 Å². The monoisotopic (exact) mass is 520 g/mol. The molecule has 6 fully saturated rings. The van der Waals surface area contributed by atoms with Gasteiger partial charge in [-0.1, -0.05) is 39.0 Å². The van der Waals surface area contributed by atoms with Gasteiger partial charge in [0.25, 0.3) is 0 Å². The molecule has 12 unspecified atom stereocenters. The lowest BCUT2D eigenvalue weighted by atomic mass is 9.52. The van der Waals surface area contributed by atoms with Crippen LogP contribution in [0.15, 0.2) is 30.3 Å². The summed E-state index contributed by atoms with van der Waals surface area (Å²) >= 11 is 0. The van der Waals surface area contributed by atoms with Gasteiger partial charge in [-0.05, 0) is 37.8 Å². The molecule has 0 amide bonds. The third-order valence-corrected chi connectivity index (χ3v) is 11.6. The molecule has 6 aliphatic rings. The fourth-order valence-electron chi connectivity index (χ4n) is 9.69. The van der Waals surface area contributed by atoms with E-state index in [-0.39, 0.29) is 12.0 Å². The molecule has 12 atom stereocenters. The van der Waals surface area contributed by atoms with E-state index in [9.17, 15) is 40.5 Å². The number of carbonyl (C=O) groups excluding carboxylic acids is 1. The van der Waals surface area contributed by atoms with Gasteiger partial charge in [-0.3, -0.25) is 0 Å². The Hall–Kier alpha value is -1.63. The van der Waals surface area contributed by atoms with Crippen LogP contribution >= 0.6 is 0 Å². The highest BCUT2D eigenvalue weighted by molar-refractivity contribution is 5.89. The summed E-state index contributed by atoms with van der Waals surface area (Å²) in [5.74, 6) is -4.93. The smallest absolute Gasteiger partial charge is 0.338 e. The number of carbonyl (C=O) groups is 1. The molecule has 2 heterocycles. The predicted octanol–water partition coefficient (Wildman–Crippen LogP) is -0.543. The molecule has 0 radical (unpaired) electrons. The molecule has 4 aliphatic carbocycles. The molecule has 1 aromatic rings. The first kappa shape index (κ1) is 25.6. The van der Waals surface area contributed by atoms with Crippen LogP contribution in [0.1, 0.15) is 57.3 Å². The number of hydrogen-bond acceptors (Lipinski definition) is 10. The maximum atomic E-state index is 13.4. The highest BCUT2D eigenvalue weighted by Crippen LogP contribution is 2.90. The molecule has 0 aromatic heterocycles. The number of esters is 1. The van der Waals surface area contributed by atoms with Crippen molar-refractivity contribution in [3.05, 3.63) is 35.9 Å². The van der Waals surface area contributed by atoms with Crippen LogP contribution in [0.25, 0.3) is 0 Å². The van der Waals surface area contributed by atoms with E-state index in [2.05, 4.69) is 0 Å². The highest BCUT2D eigenvalue weighted by Gasteiger charge is 3.10. The van der Waals surface area contributed by atoms with Crippen molar-refractivity contribution in [1.82, 2.24) is 0 Å². The molecule has 7 N–H and O–H groups in total. The Morgan fingerprint density at radius 2 is 1.76 bits per heavy atom. The SMILES string of the molecule is CC1CCC2(O)C3(C)CC4(O)OC2(C1O)C1(O)C3(O)C(OC(=O)c2ccccc2)C(O)(C(C)CO)C41C. The van der Waals surface area contributed by atoms with Crippen molar-refractivity contribution in [1.29, 1.82) is 0 Å². The molecule has 2 saturated heterocycles. The molecule has 204 valence electrons. The highest BCUT2D eigenvalue weighted by atomic mass is 16.7. The zero-order valence-electron chi connectivity index (χ0n) is 21.4. The average Bonchev–Trinajstić information content (AvgIpc) is 3.11. The van der Waals surface area contributed by atoms with Crippen molar-refractivity contribution >= 4 is 5.97 Å². The molecular weight excluding hydrogens is 484 g/mol. The van der Waals surface area contributed by atoms with Crippen molar-refractivity contribution in [2.45, 2.75) is 93.0 Å². The zero-order valence-corrected chi connectivity index (χ0v) is 21.4. The standard InChI is InChI=1S/C27H36O10/c1-14-10-11-22(31)20(3)13-23(32)21(4)24(33,15(2)12-28)19(36-18(30)16-8-6-5-7-9-16)25(20,34)27(21,35)26(22,37-23)17(14)29/h5-9,14-15,17,19,28-29,31-35H,10-13H2,1-4H3. The molecule has 10 heteroatoms. The lowest BCUT2D eigenvalue weighted by Gasteiger charge is -2.60. The summed E-state index contributed by atoms with van der Waals surface area (Å²) < 4.78 is 12.1. The molecule has 7 rings (SSSR count). The summed E-state index contributed by atoms with van der Waals surface area (Å²) in [7, 11) is 0. The quantitative estimate of drug-likeness (QED) is 0.255. The largest absolute Gasteiger partial charge is 0.452 e. The number of benzene rings is 1. The van der Waals surface area contributed by atoms with Crippen LogP contribution in [0.2, 0.25) is 0 Å². The molecule has 4 saturated carbocycles. The van der Waals surface area contributed by atoms with Gasteiger partial charge in [-0.15, -0.1) is 0 Å². The molecule has 1 spiro atoms. The Kier molecular flexibility index (Phi) is 4.67. The van der Waals surface area contributed by atoms with Gasteiger partial charge in [0.1, 0.15) is 22.4 Å². The predicted molar refractivity (Wildman–Crippen MR) is 126 cm³/mol. The Morgan fingerprint density at radius 1 is 1.14 bits per heavy atom. The van der Waals surface area contributed by atoms with Gasteiger partial charge in [-0.25, -0.2) is 4.79 Å². The van der Waals surface area contributed by atoms with Crippen LogP contribution < -0.4 is 0 Å². The number of aliphatic hydroxyl groups excluding tert-OH is 2. The Morgan fingerprint density at radius 3 is 2.35 bits per heavy atom. The van der Waals surface area contributed by atoms with Gasteiger partial charge in [0.05, 0.1) is 17.1 Å². The average molecular weight is 521 g/mol. The van der Waals surface area contributed by atoms with Crippen molar-refractivity contribution in [2.75, 3.05) is 6.61 Å². The summed E-state index contributed by atoms with van der Waals surface area (Å²) in [6.07, 6.45) is -3.52. The van der Waals surface area contributed by atoms with Crippen molar-refractivity contribution in [3.8, 4) is 0 Å². The molecule has 10 nitrogen and oxygen atoms in total. The number of rotatable bonds is 4. The first-order chi connectivity index (χ1) is 17.1. The summed E-state index contributed by atoms with van der Waals surface area (Å²) in [4.78, 5) is 13.4. The third-order valence-electron chi connectivity index (χ3n) is 11.6. The van der Waals surface area contributed by atoms with E-state index in [1.807, 2.05) is 0 Å². The summed E-state index contributed by atoms with van der Waals surface area (Å²) in [6.45, 7) is 5.28. The van der Waals surface area contributed by atoms with Gasteiger partial charge in [0, 0.05) is 24.4 Å². The van der Waals surface area contributed by atoms with Crippen LogP contribution in [-0.2, 0) is 9.47 Å². The summed E-state index contributed by atoms with van der Waals surface area (Å²) in [5.41, 5.74) is -16.0. The van der Waals surface area contributed by atoms with E-state index in [1.165, 1.54) is 32.9 Å². The normalized spacial score (nSPS) is 57.9. The second-order valence-electron chi connectivity index (χ2n) is 12.6. The van der Waals surface area contributed by atoms with E-state index in [0.29, 0.717) is 6.42 Å². The van der Waals surface area contributed by atoms with Gasteiger partial charge >= 0.3 is 5.97 Å². The summed E-state index contributed by atoms with van der Waals surface area (Å²) in [6, 6.07) is 7.89. The molecule has 6 bridgehead atoms. The van der Waals surface area contributed by atoms with Crippen molar-refractivity contribution in [3.63, 3.8) is 0 Å². The number of aliphatic hydroxyl groups is 7. The van der Waals surface area contributed by atoms with E-state index in [1.54, 1.807) is 25.1 Å². The molecule has 37 heavy (non-hydrogen) atoms. The Bertz CT molecular complexity index is 1180. The van der Waals surface area contributed by atoms with Crippen LogP contribution in [0, 0.1) is 22.7 Å². The first-order valence-electron chi connectivity index (χ1n) is 12.9. The van der Waals surface area contributed by atoms with Crippen LogP contribution in [0.4, 0.5) is 0 Å². The third kappa shape index (κ3) is 1.99. The Balaban J connectivity index is 1.68. The maximum absolute atomic E-state index is 13.4. The lowest BCUT2D eigenvalue weighted by Crippen LogP contribution is -2.75. The van der Waals surface area contributed by atoms with Gasteiger partial charge in [-0.2, -0.15) is 0 Å². The van der Waals surface area contributed by atoms with E-state index >= 15 is 0 Å². The van der Waals surface area contributed by atoms with Crippen LogP contribution in [-0.4, -0.2) is 94.3 Å². The van der Waals surface area contributed by atoms with Gasteiger partial charge < -0.3 is 45.2 Å². The molecule has 2 aliphatic heterocycles. The van der Waals surface area contributed by atoms with E-state index in [0.717, 1.165) is 0 Å². The minimum Gasteiger partial charge on any atom is -0.452 e. The lowest BCUT2D eigenvalue weighted by molar-refractivity contribution is -0.390. The zero-order chi connectivity index (χ0) is 27.2. The minimum absolute atomic E-state index is 0.0197. The van der Waals surface area contributed by atoms with Gasteiger partial charge in [0.2, 0.25) is 0 Å².